The van der Waals surface area contributed by atoms with Crippen molar-refractivity contribution in [3.05, 3.63) is 47.2 Å². The molecule has 17 nitrogen and oxygen atoms in total. The maximum atomic E-state index is 11.3. The highest BCUT2D eigenvalue weighted by atomic mass is 16.7. The number of aromatic hydroxyl groups is 2. The Kier molecular flexibility index (Phi) is 10.3. The number of carbonyl (C=O) groups is 1. The van der Waals surface area contributed by atoms with Crippen LogP contribution < -0.4 is 14.2 Å². The molecule has 0 bridgehead atoms. The van der Waals surface area contributed by atoms with Gasteiger partial charge in [0, 0.05) is 24.6 Å². The third-order valence-corrected chi connectivity index (χ3v) is 7.85. The van der Waals surface area contributed by atoms with Crippen LogP contribution in [0.1, 0.15) is 24.2 Å². The number of carbonyl (C=O) groups excluding carboxylic acids is 1. The number of benzene rings is 2. The van der Waals surface area contributed by atoms with Gasteiger partial charge in [0.15, 0.2) is 17.6 Å². The molecule has 17 heteroatoms. The van der Waals surface area contributed by atoms with E-state index in [0.29, 0.717) is 5.56 Å². The number of methoxy groups -OCH3 is 1. The lowest BCUT2D eigenvalue weighted by atomic mass is 9.98. The van der Waals surface area contributed by atoms with Gasteiger partial charge in [-0.15, -0.1) is 0 Å². The van der Waals surface area contributed by atoms with Gasteiger partial charge in [0.25, 0.3) is 0 Å². The second-order valence-electron chi connectivity index (χ2n) is 11.1. The van der Waals surface area contributed by atoms with E-state index in [2.05, 4.69) is 0 Å². The predicted octanol–water partition coefficient (Wildman–Crippen LogP) is -1.85. The molecule has 3 heterocycles. The fourth-order valence-corrected chi connectivity index (χ4v) is 5.29. The largest absolute Gasteiger partial charge is 0.508 e. The molecule has 2 aromatic rings. The summed E-state index contributed by atoms with van der Waals surface area (Å²) in [7, 11) is 1.33. The summed E-state index contributed by atoms with van der Waals surface area (Å²) in [5.41, 5.74) is 0.417. The molecule has 0 amide bonds. The number of esters is 1. The van der Waals surface area contributed by atoms with E-state index in [4.69, 9.17) is 33.2 Å². The molecule has 0 aliphatic carbocycles. The van der Waals surface area contributed by atoms with Crippen molar-refractivity contribution >= 4 is 12.0 Å². The normalized spacial score (nSPS) is 33.6. The van der Waals surface area contributed by atoms with E-state index in [1.54, 1.807) is 0 Å². The summed E-state index contributed by atoms with van der Waals surface area (Å²) in [5, 5.41) is 93.0. The van der Waals surface area contributed by atoms with E-state index in [9.17, 15) is 50.8 Å². The maximum Gasteiger partial charge on any atom is 0.302 e. The molecular formula is C30H36O17. The SMILES string of the molecule is COc1cc(C2Oc3cc(O)cc(O[C@@H]4O[C@@H](COC(C)=O)[C@H](O)[C@H](O)[C@H]4O)c3C=C2O[C@@H]2O[C@H](CO)[C@H](O)[C@H](O)[C@H]2O)ccc1O. The maximum absolute atomic E-state index is 11.3. The summed E-state index contributed by atoms with van der Waals surface area (Å²) in [6.07, 6.45) is -16.2. The summed E-state index contributed by atoms with van der Waals surface area (Å²) >= 11 is 0. The molecule has 3 aliphatic rings. The molecule has 0 saturated carbocycles. The van der Waals surface area contributed by atoms with E-state index >= 15 is 0 Å². The van der Waals surface area contributed by atoms with Gasteiger partial charge >= 0.3 is 5.97 Å². The molecule has 47 heavy (non-hydrogen) atoms. The molecule has 2 fully saturated rings. The van der Waals surface area contributed by atoms with Crippen molar-refractivity contribution in [1.82, 2.24) is 0 Å². The van der Waals surface area contributed by atoms with Gasteiger partial charge in [-0.1, -0.05) is 6.07 Å². The van der Waals surface area contributed by atoms with Crippen LogP contribution in [0.3, 0.4) is 0 Å². The van der Waals surface area contributed by atoms with Crippen LogP contribution in [0.5, 0.6) is 28.7 Å². The van der Waals surface area contributed by atoms with Gasteiger partial charge in [0.1, 0.15) is 78.4 Å². The van der Waals surface area contributed by atoms with Crippen LogP contribution in [0.25, 0.3) is 6.08 Å². The Morgan fingerprint density at radius 1 is 0.809 bits per heavy atom. The van der Waals surface area contributed by atoms with Gasteiger partial charge in [-0.05, 0) is 18.2 Å². The zero-order valence-corrected chi connectivity index (χ0v) is 25.0. The summed E-state index contributed by atoms with van der Waals surface area (Å²) in [5.74, 6) is -1.46. The van der Waals surface area contributed by atoms with Crippen molar-refractivity contribution in [2.75, 3.05) is 20.3 Å². The number of aliphatic hydroxyl groups is 7. The van der Waals surface area contributed by atoms with Crippen LogP contribution in [0.15, 0.2) is 36.1 Å². The minimum absolute atomic E-state index is 0.000500. The molecule has 1 unspecified atom stereocenters. The minimum atomic E-state index is -1.81. The third kappa shape index (κ3) is 7.03. The van der Waals surface area contributed by atoms with Gasteiger partial charge in [-0.2, -0.15) is 0 Å². The van der Waals surface area contributed by atoms with Crippen molar-refractivity contribution in [3.8, 4) is 28.7 Å². The molecule has 11 atom stereocenters. The first-order valence-corrected chi connectivity index (χ1v) is 14.4. The number of fused-ring (bicyclic) bond motifs is 1. The van der Waals surface area contributed by atoms with E-state index < -0.39 is 86.7 Å². The first-order valence-electron chi connectivity index (χ1n) is 14.4. The minimum Gasteiger partial charge on any atom is -0.508 e. The Balaban J connectivity index is 1.53. The Morgan fingerprint density at radius 2 is 1.45 bits per heavy atom. The van der Waals surface area contributed by atoms with E-state index in [-0.39, 0.29) is 40.1 Å². The first kappa shape index (κ1) is 34.4. The van der Waals surface area contributed by atoms with Gasteiger partial charge < -0.3 is 79.1 Å². The number of hydrogen-bond donors (Lipinski definition) is 9. The fourth-order valence-electron chi connectivity index (χ4n) is 5.29. The Hall–Kier alpha value is -3.91. The molecular weight excluding hydrogens is 632 g/mol. The van der Waals surface area contributed by atoms with Crippen LogP contribution >= 0.6 is 0 Å². The number of aliphatic hydroxyl groups excluding tert-OH is 7. The summed E-state index contributed by atoms with van der Waals surface area (Å²) < 4.78 is 39.2. The number of ether oxygens (including phenoxy) is 7. The van der Waals surface area contributed by atoms with E-state index in [0.717, 1.165) is 13.0 Å². The monoisotopic (exact) mass is 668 g/mol. The van der Waals surface area contributed by atoms with E-state index in [1.807, 2.05) is 0 Å². The lowest BCUT2D eigenvalue weighted by Crippen LogP contribution is -2.60. The van der Waals surface area contributed by atoms with Gasteiger partial charge in [0.05, 0.1) is 19.3 Å². The molecule has 0 spiro atoms. The smallest absolute Gasteiger partial charge is 0.302 e. The number of phenolic OH excluding ortho intramolecular Hbond substituents is 2. The highest BCUT2D eigenvalue weighted by Crippen LogP contribution is 2.46. The quantitative estimate of drug-likeness (QED) is 0.133. The lowest BCUT2D eigenvalue weighted by Gasteiger charge is -2.41. The van der Waals surface area contributed by atoms with Crippen LogP contribution in [0, 0.1) is 0 Å². The third-order valence-electron chi connectivity index (χ3n) is 7.85. The highest BCUT2D eigenvalue weighted by Gasteiger charge is 2.47. The first-order chi connectivity index (χ1) is 22.3. The zero-order chi connectivity index (χ0) is 34.2. The molecule has 0 aromatic heterocycles. The standard InChI is InChI=1S/C30H36O17/c1-11(32)42-10-21-23(36)25(38)27(40)29(47-21)44-17-7-13(33)6-16-14(17)8-19(28(43-16)12-3-4-15(34)18(5-12)41-2)45-30-26(39)24(37)22(35)20(9-31)46-30/h3-8,20-31,33-40H,9-10H2,1-2H3/t20-,21+,22+,23+,24+,25+,26-,27-,28?,29-,30-/m1/s1. The van der Waals surface area contributed by atoms with Crippen molar-refractivity contribution in [1.29, 1.82) is 0 Å². The summed E-state index contributed by atoms with van der Waals surface area (Å²) in [6.45, 7) is -0.0664. The topological polar surface area (TPSA) is 264 Å². The summed E-state index contributed by atoms with van der Waals surface area (Å²) in [6, 6.07) is 6.58. The molecule has 2 aromatic carbocycles. The van der Waals surface area contributed by atoms with Crippen molar-refractivity contribution in [3.63, 3.8) is 0 Å². The predicted molar refractivity (Wildman–Crippen MR) is 153 cm³/mol. The molecule has 0 radical (unpaired) electrons. The van der Waals surface area contributed by atoms with E-state index in [1.165, 1.54) is 37.5 Å². The zero-order valence-electron chi connectivity index (χ0n) is 25.0. The second kappa shape index (κ2) is 14.1. The summed E-state index contributed by atoms with van der Waals surface area (Å²) in [4.78, 5) is 11.3. The average molecular weight is 669 g/mol. The Morgan fingerprint density at radius 3 is 2.09 bits per heavy atom. The van der Waals surface area contributed by atoms with Crippen LogP contribution in [0.2, 0.25) is 0 Å². The van der Waals surface area contributed by atoms with Crippen LogP contribution in [-0.2, 0) is 23.7 Å². The molecule has 5 rings (SSSR count). The van der Waals surface area contributed by atoms with Gasteiger partial charge in [-0.3, -0.25) is 4.79 Å². The van der Waals surface area contributed by atoms with Crippen LogP contribution in [-0.4, -0.2) is 134 Å². The lowest BCUT2D eigenvalue weighted by molar-refractivity contribution is -0.293. The molecule has 9 N–H and O–H groups in total. The number of rotatable bonds is 9. The second-order valence-corrected chi connectivity index (χ2v) is 11.1. The van der Waals surface area contributed by atoms with Gasteiger partial charge in [0.2, 0.25) is 12.6 Å². The van der Waals surface area contributed by atoms with Gasteiger partial charge in [-0.25, -0.2) is 0 Å². The highest BCUT2D eigenvalue weighted by molar-refractivity contribution is 5.70. The Bertz CT molecular complexity index is 1460. The molecule has 2 saturated heterocycles. The van der Waals surface area contributed by atoms with Crippen LogP contribution in [0.4, 0.5) is 0 Å². The molecule has 258 valence electrons. The molecule has 3 aliphatic heterocycles. The van der Waals surface area contributed by atoms with Crippen molar-refractivity contribution in [2.45, 2.75) is 74.4 Å². The fraction of sp³-hybridized carbons (Fsp3) is 0.500. The number of phenols is 2. The average Bonchev–Trinajstić information content (AvgIpc) is 3.04. The number of hydrogen-bond acceptors (Lipinski definition) is 17. The van der Waals surface area contributed by atoms with Crippen molar-refractivity contribution < 1.29 is 83.9 Å². The van der Waals surface area contributed by atoms with Crippen molar-refractivity contribution in [2.24, 2.45) is 0 Å². The Labute approximate surface area is 266 Å².